The Kier molecular flexibility index (Phi) is 10.8. The summed E-state index contributed by atoms with van der Waals surface area (Å²) in [6, 6.07) is 94.7. The third-order valence-electron chi connectivity index (χ3n) is 15.6. The molecule has 0 saturated carbocycles. The van der Waals surface area contributed by atoms with Crippen molar-refractivity contribution < 1.29 is 0 Å². The Labute approximate surface area is 450 Å². The van der Waals surface area contributed by atoms with Crippen molar-refractivity contribution >= 4 is 97.0 Å². The number of fused-ring (bicyclic) bond motifs is 17. The first kappa shape index (κ1) is 45.0. The third-order valence-corrected chi connectivity index (χ3v) is 15.6. The molecule has 16 rings (SSSR count). The molecule has 2 heterocycles. The molecule has 4 nitrogen and oxygen atoms in total. The van der Waals surface area contributed by atoms with Gasteiger partial charge in [0.2, 0.25) is 0 Å². The van der Waals surface area contributed by atoms with E-state index in [-0.39, 0.29) is 0 Å². The highest BCUT2D eigenvalue weighted by molar-refractivity contribution is 6.39. The largest absolute Gasteiger partial charge is 0.236 e. The summed E-state index contributed by atoms with van der Waals surface area (Å²) < 4.78 is 0. The zero-order valence-electron chi connectivity index (χ0n) is 42.3. The predicted octanol–water partition coefficient (Wildman–Crippen LogP) is 19.7. The van der Waals surface area contributed by atoms with Crippen LogP contribution in [0.25, 0.3) is 153 Å². The summed E-state index contributed by atoms with van der Waals surface area (Å²) in [5, 5.41) is 22.7. The van der Waals surface area contributed by atoms with E-state index < -0.39 is 0 Å². The minimum Gasteiger partial charge on any atom is -0.236 e. The highest BCUT2D eigenvalue weighted by Crippen LogP contribution is 2.45. The van der Waals surface area contributed by atoms with Crippen LogP contribution in [0.3, 0.4) is 0 Å². The third kappa shape index (κ3) is 7.69. The van der Waals surface area contributed by atoms with Crippen molar-refractivity contribution in [2.24, 2.45) is 0 Å². The van der Waals surface area contributed by atoms with Gasteiger partial charge in [-0.05, 0) is 121 Å². The van der Waals surface area contributed by atoms with Gasteiger partial charge < -0.3 is 0 Å². The van der Waals surface area contributed by atoms with Gasteiger partial charge in [-0.3, -0.25) is 0 Å². The van der Waals surface area contributed by atoms with Crippen molar-refractivity contribution in [1.82, 2.24) is 19.9 Å². The van der Waals surface area contributed by atoms with Crippen LogP contribution >= 0.6 is 0 Å². The fourth-order valence-corrected chi connectivity index (χ4v) is 11.9. The lowest BCUT2D eigenvalue weighted by atomic mass is 9.86. The van der Waals surface area contributed by atoms with Crippen molar-refractivity contribution in [3.63, 3.8) is 0 Å². The van der Waals surface area contributed by atoms with E-state index in [9.17, 15) is 0 Å². The summed E-state index contributed by atoms with van der Waals surface area (Å²) in [5.41, 5.74) is 8.18. The first-order chi connectivity index (χ1) is 38.7. The van der Waals surface area contributed by atoms with Crippen LogP contribution in [-0.2, 0) is 0 Å². The Bertz CT molecular complexity index is 4940. The highest BCUT2D eigenvalue weighted by atomic mass is 14.9. The van der Waals surface area contributed by atoms with Gasteiger partial charge >= 0.3 is 0 Å². The SMILES string of the molecule is c1ccc(-c2cc(-c3ccc4ccc5c6ccccc6ccc5c4c3)nc(-c3ccccc3)n2)cc1.c1ccc2c(-c3ncc(-c4ccc5c6ccccc6c6c7ccccc7c7ccccc7c6c5c4)cn3)cccc2c1. The molecule has 0 amide bonds. The lowest BCUT2D eigenvalue weighted by Crippen LogP contribution is -1.95. The smallest absolute Gasteiger partial charge is 0.160 e. The Morgan fingerprint density at radius 3 is 1.26 bits per heavy atom. The van der Waals surface area contributed by atoms with Gasteiger partial charge in [-0.1, -0.05) is 249 Å². The van der Waals surface area contributed by atoms with Gasteiger partial charge in [-0.25, -0.2) is 19.9 Å². The molecule has 0 aliphatic heterocycles. The predicted molar refractivity (Wildman–Crippen MR) is 329 cm³/mol. The number of hydrogen-bond acceptors (Lipinski definition) is 4. The van der Waals surface area contributed by atoms with E-state index in [1.165, 1.54) is 91.6 Å². The molecule has 362 valence electrons. The standard InChI is InChI=1S/C40H24N2.C34H22N2/c1-2-12-28-25(10-1)11-9-19-36(28)40-41-23-27(24-42-40)26-20-21-32-31-15-5-7-17-34(31)38-33-16-6-3-13-29(33)30-14-4-8-18-35(30)39(38)37(32)22-26;1-3-10-25(11-4-1)32-22-33(36-34(35-32)26-12-5-2-6-13-26)27-16-15-24-18-19-29-28-14-8-7-9-23(28)17-20-30(29)31(24)21-27/h1-24H;1-22H. The van der Waals surface area contributed by atoms with Gasteiger partial charge in [0.15, 0.2) is 11.6 Å². The van der Waals surface area contributed by atoms with Crippen molar-refractivity contribution in [1.29, 1.82) is 0 Å². The topological polar surface area (TPSA) is 51.6 Å². The molecule has 0 fully saturated rings. The summed E-state index contributed by atoms with van der Waals surface area (Å²) >= 11 is 0. The van der Waals surface area contributed by atoms with E-state index in [0.29, 0.717) is 0 Å². The molecule has 14 aromatic carbocycles. The van der Waals surface area contributed by atoms with Gasteiger partial charge in [0.05, 0.1) is 11.4 Å². The quantitative estimate of drug-likeness (QED) is 0.161. The van der Waals surface area contributed by atoms with Crippen molar-refractivity contribution in [2.75, 3.05) is 0 Å². The van der Waals surface area contributed by atoms with Crippen LogP contribution in [0.2, 0.25) is 0 Å². The van der Waals surface area contributed by atoms with E-state index >= 15 is 0 Å². The molecule has 0 radical (unpaired) electrons. The lowest BCUT2D eigenvalue weighted by molar-refractivity contribution is 1.18. The van der Waals surface area contributed by atoms with Crippen LogP contribution in [0.1, 0.15) is 0 Å². The van der Waals surface area contributed by atoms with E-state index in [2.05, 4.69) is 231 Å². The number of aromatic nitrogens is 4. The van der Waals surface area contributed by atoms with Gasteiger partial charge in [0.1, 0.15) is 0 Å². The van der Waals surface area contributed by atoms with Gasteiger partial charge in [0, 0.05) is 40.2 Å². The fraction of sp³-hybridized carbons (Fsp3) is 0. The highest BCUT2D eigenvalue weighted by Gasteiger charge is 2.18. The maximum atomic E-state index is 5.03. The first-order valence-electron chi connectivity index (χ1n) is 26.5. The van der Waals surface area contributed by atoms with Crippen LogP contribution in [0.4, 0.5) is 0 Å². The summed E-state index contributed by atoms with van der Waals surface area (Å²) in [6.45, 7) is 0. The minimum absolute atomic E-state index is 0.732. The summed E-state index contributed by atoms with van der Waals surface area (Å²) in [4.78, 5) is 19.7. The number of benzene rings is 14. The van der Waals surface area contributed by atoms with Crippen molar-refractivity contribution in [3.05, 3.63) is 279 Å². The zero-order valence-corrected chi connectivity index (χ0v) is 42.3. The summed E-state index contributed by atoms with van der Waals surface area (Å²) in [5.74, 6) is 1.47. The molecule has 0 bridgehead atoms. The fourth-order valence-electron chi connectivity index (χ4n) is 11.9. The molecule has 0 atom stereocenters. The Morgan fingerprint density at radius 1 is 0.205 bits per heavy atom. The van der Waals surface area contributed by atoms with E-state index in [0.717, 1.165) is 61.8 Å². The molecule has 2 aromatic heterocycles. The molecular weight excluding hydrogens is 945 g/mol. The molecule has 0 unspecified atom stereocenters. The molecule has 0 aliphatic carbocycles. The zero-order chi connectivity index (χ0) is 51.5. The average molecular weight is 991 g/mol. The Balaban J connectivity index is 0.000000137. The molecule has 0 N–H and O–H groups in total. The van der Waals surface area contributed by atoms with Crippen LogP contribution in [-0.4, -0.2) is 19.9 Å². The van der Waals surface area contributed by atoms with Gasteiger partial charge in [0.25, 0.3) is 0 Å². The molecule has 0 spiro atoms. The molecular formula is C74H46N4. The van der Waals surface area contributed by atoms with Crippen molar-refractivity contribution in [2.45, 2.75) is 0 Å². The Hall–Kier alpha value is -10.4. The normalized spacial score (nSPS) is 11.6. The van der Waals surface area contributed by atoms with Crippen LogP contribution in [0.15, 0.2) is 279 Å². The van der Waals surface area contributed by atoms with Gasteiger partial charge in [-0.15, -0.1) is 0 Å². The van der Waals surface area contributed by atoms with E-state index in [4.69, 9.17) is 19.9 Å². The first-order valence-corrected chi connectivity index (χ1v) is 26.5. The summed E-state index contributed by atoms with van der Waals surface area (Å²) in [6.07, 6.45) is 3.92. The maximum absolute atomic E-state index is 5.03. The monoisotopic (exact) mass is 990 g/mol. The molecule has 4 heteroatoms. The second-order valence-corrected chi connectivity index (χ2v) is 20.0. The van der Waals surface area contributed by atoms with Crippen LogP contribution in [0, 0.1) is 0 Å². The molecule has 78 heavy (non-hydrogen) atoms. The van der Waals surface area contributed by atoms with E-state index in [1.54, 1.807) is 0 Å². The molecule has 0 aliphatic rings. The Morgan fingerprint density at radius 2 is 0.615 bits per heavy atom. The minimum atomic E-state index is 0.732. The van der Waals surface area contributed by atoms with E-state index in [1.807, 2.05) is 48.8 Å². The molecule has 16 aromatic rings. The average Bonchev–Trinajstić information content (AvgIpc) is 3.68. The number of nitrogens with zero attached hydrogens (tertiary/aromatic N) is 4. The van der Waals surface area contributed by atoms with Gasteiger partial charge in [-0.2, -0.15) is 0 Å². The second-order valence-electron chi connectivity index (χ2n) is 20.0. The van der Waals surface area contributed by atoms with Crippen LogP contribution < -0.4 is 0 Å². The lowest BCUT2D eigenvalue weighted by Gasteiger charge is -2.17. The number of rotatable bonds is 5. The molecule has 0 saturated heterocycles. The number of hydrogen-bond donors (Lipinski definition) is 0. The second kappa shape index (κ2) is 18.7. The van der Waals surface area contributed by atoms with Crippen molar-refractivity contribution in [3.8, 4) is 56.4 Å². The maximum Gasteiger partial charge on any atom is 0.160 e. The summed E-state index contributed by atoms with van der Waals surface area (Å²) in [7, 11) is 0. The van der Waals surface area contributed by atoms with Crippen LogP contribution in [0.5, 0.6) is 0 Å².